The maximum Gasteiger partial charge on any atom is 0.261 e. The van der Waals surface area contributed by atoms with Crippen LogP contribution >= 0.6 is 15.9 Å². The van der Waals surface area contributed by atoms with Crippen LogP contribution in [-0.4, -0.2) is 18.1 Å². The number of rotatable bonds is 2. The van der Waals surface area contributed by atoms with Crippen LogP contribution in [0.3, 0.4) is 0 Å². The number of carbonyl (C=O) groups excluding carboxylic acids is 1. The Balaban J connectivity index is 2.35. The minimum Gasteiger partial charge on any atom is -0.507 e. The van der Waals surface area contributed by atoms with Crippen molar-refractivity contribution < 1.29 is 9.90 Å². The number of phenolic OH excluding ortho intramolecular Hbond substituents is 1. The van der Waals surface area contributed by atoms with Crippen molar-refractivity contribution >= 4 is 27.5 Å². The molecule has 4 nitrogen and oxygen atoms in total. The lowest BCUT2D eigenvalue weighted by atomic mass is 10.1. The number of nitrogens with zero attached hydrogens (tertiary/aromatic N) is 2. The van der Waals surface area contributed by atoms with Gasteiger partial charge < -0.3 is 10.0 Å². The number of anilines is 1. The third kappa shape index (κ3) is 2.81. The van der Waals surface area contributed by atoms with E-state index < -0.39 is 0 Å². The molecule has 2 aromatic carbocycles. The molecule has 0 radical (unpaired) electrons. The van der Waals surface area contributed by atoms with Gasteiger partial charge in [-0.3, -0.25) is 4.79 Å². The van der Waals surface area contributed by atoms with Crippen molar-refractivity contribution in [1.29, 1.82) is 5.26 Å². The quantitative estimate of drug-likeness (QED) is 0.918. The van der Waals surface area contributed by atoms with Crippen LogP contribution in [0.2, 0.25) is 0 Å². The van der Waals surface area contributed by atoms with E-state index in [0.717, 1.165) is 0 Å². The van der Waals surface area contributed by atoms with Gasteiger partial charge in [-0.05, 0) is 36.4 Å². The minimum absolute atomic E-state index is 0.0901. The molecule has 0 aliphatic rings. The van der Waals surface area contributed by atoms with E-state index in [9.17, 15) is 9.90 Å². The fraction of sp³-hybridized carbons (Fsp3) is 0.0667. The minimum atomic E-state index is -0.343. The van der Waals surface area contributed by atoms with Gasteiger partial charge in [-0.1, -0.05) is 22.0 Å². The molecular formula is C15H11BrN2O2. The van der Waals surface area contributed by atoms with Crippen LogP contribution in [0, 0.1) is 11.3 Å². The van der Waals surface area contributed by atoms with E-state index >= 15 is 0 Å². The van der Waals surface area contributed by atoms with Crippen LogP contribution < -0.4 is 4.90 Å². The summed E-state index contributed by atoms with van der Waals surface area (Å²) in [7, 11) is 1.60. The molecule has 0 saturated heterocycles. The summed E-state index contributed by atoms with van der Waals surface area (Å²) in [6.45, 7) is 0. The molecule has 0 aliphatic heterocycles. The van der Waals surface area contributed by atoms with Crippen molar-refractivity contribution in [3.63, 3.8) is 0 Å². The molecule has 20 heavy (non-hydrogen) atoms. The first-order chi connectivity index (χ1) is 9.52. The van der Waals surface area contributed by atoms with Crippen LogP contribution in [-0.2, 0) is 0 Å². The normalized spacial score (nSPS) is 9.85. The second-order valence-corrected chi connectivity index (χ2v) is 5.10. The lowest BCUT2D eigenvalue weighted by Crippen LogP contribution is -2.26. The largest absolute Gasteiger partial charge is 0.507 e. The first-order valence-electron chi connectivity index (χ1n) is 5.79. The highest BCUT2D eigenvalue weighted by Gasteiger charge is 2.17. The van der Waals surface area contributed by atoms with Gasteiger partial charge in [0, 0.05) is 17.2 Å². The number of aromatic hydroxyl groups is 1. The molecule has 1 amide bonds. The predicted molar refractivity (Wildman–Crippen MR) is 79.7 cm³/mol. The molecule has 2 aromatic rings. The third-order valence-corrected chi connectivity index (χ3v) is 3.35. The SMILES string of the molecule is CN(C(=O)c1ccc(Br)cc1O)c1cccc(C#N)c1. The van der Waals surface area contributed by atoms with E-state index in [0.29, 0.717) is 15.7 Å². The topological polar surface area (TPSA) is 64.3 Å². The zero-order valence-corrected chi connectivity index (χ0v) is 12.3. The van der Waals surface area contributed by atoms with Gasteiger partial charge in [0.1, 0.15) is 5.75 Å². The zero-order chi connectivity index (χ0) is 14.7. The van der Waals surface area contributed by atoms with Gasteiger partial charge >= 0.3 is 0 Å². The average molecular weight is 331 g/mol. The Morgan fingerprint density at radius 2 is 2.05 bits per heavy atom. The van der Waals surface area contributed by atoms with Crippen molar-refractivity contribution in [1.82, 2.24) is 0 Å². The molecule has 0 unspecified atom stereocenters. The van der Waals surface area contributed by atoms with Crippen molar-refractivity contribution in [2.75, 3.05) is 11.9 Å². The third-order valence-electron chi connectivity index (χ3n) is 2.86. The summed E-state index contributed by atoms with van der Waals surface area (Å²) in [5.74, 6) is -0.433. The second kappa shape index (κ2) is 5.76. The number of phenols is 1. The van der Waals surface area contributed by atoms with Crippen LogP contribution in [0.15, 0.2) is 46.9 Å². The van der Waals surface area contributed by atoms with Gasteiger partial charge in [-0.25, -0.2) is 0 Å². The maximum atomic E-state index is 12.3. The molecule has 1 N–H and O–H groups in total. The van der Waals surface area contributed by atoms with E-state index in [-0.39, 0.29) is 17.2 Å². The van der Waals surface area contributed by atoms with E-state index in [1.807, 2.05) is 6.07 Å². The molecule has 0 fully saturated rings. The van der Waals surface area contributed by atoms with E-state index in [4.69, 9.17) is 5.26 Å². The maximum absolute atomic E-state index is 12.3. The molecule has 100 valence electrons. The fourth-order valence-electron chi connectivity index (χ4n) is 1.77. The Morgan fingerprint density at radius 1 is 1.30 bits per heavy atom. The van der Waals surface area contributed by atoms with E-state index in [1.54, 1.807) is 43.4 Å². The molecule has 0 spiro atoms. The summed E-state index contributed by atoms with van der Waals surface area (Å²) < 4.78 is 0.695. The Morgan fingerprint density at radius 3 is 2.70 bits per heavy atom. The molecular weight excluding hydrogens is 320 g/mol. The second-order valence-electron chi connectivity index (χ2n) is 4.19. The summed E-state index contributed by atoms with van der Waals surface area (Å²) >= 11 is 3.23. The van der Waals surface area contributed by atoms with Gasteiger partial charge in [0.15, 0.2) is 0 Å². The Bertz CT molecular complexity index is 707. The summed E-state index contributed by atoms with van der Waals surface area (Å²) in [5, 5.41) is 18.7. The molecule has 0 aromatic heterocycles. The predicted octanol–water partition coefficient (Wildman–Crippen LogP) is 3.30. The number of amides is 1. The van der Waals surface area contributed by atoms with Crippen LogP contribution in [0.25, 0.3) is 0 Å². The Labute approximate surface area is 125 Å². The first kappa shape index (κ1) is 14.1. The zero-order valence-electron chi connectivity index (χ0n) is 10.7. The molecule has 0 heterocycles. The number of hydrogen-bond donors (Lipinski definition) is 1. The van der Waals surface area contributed by atoms with Gasteiger partial charge in [0.2, 0.25) is 0 Å². The van der Waals surface area contributed by atoms with Crippen LogP contribution in [0.1, 0.15) is 15.9 Å². The lowest BCUT2D eigenvalue weighted by molar-refractivity contribution is 0.0990. The van der Waals surface area contributed by atoms with Gasteiger partial charge in [-0.2, -0.15) is 5.26 Å². The lowest BCUT2D eigenvalue weighted by Gasteiger charge is -2.18. The van der Waals surface area contributed by atoms with Crippen molar-refractivity contribution in [2.45, 2.75) is 0 Å². The number of hydrogen-bond acceptors (Lipinski definition) is 3. The number of nitriles is 1. The highest BCUT2D eigenvalue weighted by atomic mass is 79.9. The average Bonchev–Trinajstić information content (AvgIpc) is 2.46. The van der Waals surface area contributed by atoms with Gasteiger partial charge in [0.25, 0.3) is 5.91 Å². The summed E-state index contributed by atoms with van der Waals surface area (Å²) in [5.41, 5.74) is 1.27. The molecule has 5 heteroatoms. The molecule has 0 aliphatic carbocycles. The van der Waals surface area contributed by atoms with Crippen molar-refractivity contribution in [3.8, 4) is 11.8 Å². The van der Waals surface area contributed by atoms with Crippen LogP contribution in [0.4, 0.5) is 5.69 Å². The standard InChI is InChI=1S/C15H11BrN2O2/c1-18(12-4-2-3-10(7-12)9-17)15(20)13-6-5-11(16)8-14(13)19/h2-8,19H,1H3. The number of carbonyl (C=O) groups is 1. The molecule has 0 bridgehead atoms. The van der Waals surface area contributed by atoms with E-state index in [2.05, 4.69) is 15.9 Å². The van der Waals surface area contributed by atoms with Crippen molar-refractivity contribution in [3.05, 3.63) is 58.1 Å². The van der Waals surface area contributed by atoms with Gasteiger partial charge in [0.05, 0.1) is 17.2 Å². The Kier molecular flexibility index (Phi) is 4.06. The van der Waals surface area contributed by atoms with E-state index in [1.165, 1.54) is 11.0 Å². The smallest absolute Gasteiger partial charge is 0.261 e. The molecule has 0 atom stereocenters. The number of benzene rings is 2. The summed E-state index contributed by atoms with van der Waals surface area (Å²) in [6, 6.07) is 13.4. The molecule has 0 saturated carbocycles. The van der Waals surface area contributed by atoms with Crippen molar-refractivity contribution in [2.24, 2.45) is 0 Å². The summed E-state index contributed by atoms with van der Waals surface area (Å²) in [4.78, 5) is 13.7. The highest BCUT2D eigenvalue weighted by Crippen LogP contribution is 2.25. The fourth-order valence-corrected chi connectivity index (χ4v) is 2.12. The number of halogens is 1. The molecule has 2 rings (SSSR count). The highest BCUT2D eigenvalue weighted by molar-refractivity contribution is 9.10. The monoisotopic (exact) mass is 330 g/mol. The van der Waals surface area contributed by atoms with Crippen LogP contribution in [0.5, 0.6) is 5.75 Å². The Hall–Kier alpha value is -2.32. The van der Waals surface area contributed by atoms with Gasteiger partial charge in [-0.15, -0.1) is 0 Å². The first-order valence-corrected chi connectivity index (χ1v) is 6.59. The summed E-state index contributed by atoms with van der Waals surface area (Å²) in [6.07, 6.45) is 0.